The van der Waals surface area contributed by atoms with Gasteiger partial charge in [0.05, 0.1) is 18.4 Å². The molecule has 3 aromatic rings. The Morgan fingerprint density at radius 3 is 2.65 bits per heavy atom. The molecule has 3 atom stereocenters. The fourth-order valence-corrected chi connectivity index (χ4v) is 4.81. The van der Waals surface area contributed by atoms with Gasteiger partial charge in [0, 0.05) is 17.2 Å². The largest absolute Gasteiger partial charge is 0.433 e. The summed E-state index contributed by atoms with van der Waals surface area (Å²) >= 11 is 1.07. The molecule has 3 heterocycles. The molecule has 2 saturated heterocycles. The monoisotopic (exact) mass is 447 g/mol. The number of fused-ring (bicyclic) bond motifs is 3. The van der Waals surface area contributed by atoms with Crippen molar-refractivity contribution in [2.75, 3.05) is 6.61 Å². The van der Waals surface area contributed by atoms with Crippen LogP contribution in [0.2, 0.25) is 0 Å². The van der Waals surface area contributed by atoms with Gasteiger partial charge in [-0.15, -0.1) is 0 Å². The lowest BCUT2D eigenvalue weighted by molar-refractivity contribution is -0.141. The second-order valence-corrected chi connectivity index (χ2v) is 8.48. The van der Waals surface area contributed by atoms with E-state index in [1.165, 1.54) is 0 Å². The van der Waals surface area contributed by atoms with E-state index in [2.05, 4.69) is 15.1 Å². The molecule has 2 bridgehead atoms. The van der Waals surface area contributed by atoms with Gasteiger partial charge in [-0.2, -0.15) is 13.2 Å². The maximum Gasteiger partial charge on any atom is 0.433 e. The normalized spacial score (nSPS) is 24.7. The molecule has 0 radical (unpaired) electrons. The van der Waals surface area contributed by atoms with Gasteiger partial charge in [0.2, 0.25) is 6.29 Å². The first kappa shape index (κ1) is 20.2. The van der Waals surface area contributed by atoms with E-state index < -0.39 is 18.2 Å². The zero-order valence-electron chi connectivity index (χ0n) is 15.9. The molecule has 2 aliphatic rings. The number of ether oxygens (including phenoxy) is 2. The SMILES string of the molecule is O/N=C1/C[C@H](Sc2nc(-c3ccc4ccccc4c3)cc(C(F)(F)F)n2)[C@H]2CO[C@@H]1O2. The molecule has 0 spiro atoms. The molecule has 6 nitrogen and oxygen atoms in total. The van der Waals surface area contributed by atoms with E-state index in [1.54, 1.807) is 6.07 Å². The molecule has 1 aromatic heterocycles. The zero-order valence-corrected chi connectivity index (χ0v) is 16.7. The van der Waals surface area contributed by atoms with Crippen LogP contribution in [-0.2, 0) is 15.7 Å². The summed E-state index contributed by atoms with van der Waals surface area (Å²) in [6.07, 6.45) is -5.36. The Morgan fingerprint density at radius 1 is 1.06 bits per heavy atom. The van der Waals surface area contributed by atoms with Crippen LogP contribution >= 0.6 is 11.8 Å². The lowest BCUT2D eigenvalue weighted by Crippen LogP contribution is -2.37. The van der Waals surface area contributed by atoms with E-state index in [-0.39, 0.29) is 28.8 Å². The lowest BCUT2D eigenvalue weighted by Gasteiger charge is -2.26. The van der Waals surface area contributed by atoms with Gasteiger partial charge in [0.15, 0.2) is 5.16 Å². The van der Waals surface area contributed by atoms with Crippen LogP contribution in [0.15, 0.2) is 58.8 Å². The Hall–Kier alpha value is -2.69. The van der Waals surface area contributed by atoms with Crippen LogP contribution < -0.4 is 0 Å². The molecule has 10 heteroatoms. The molecule has 31 heavy (non-hydrogen) atoms. The van der Waals surface area contributed by atoms with Crippen LogP contribution in [0.1, 0.15) is 12.1 Å². The van der Waals surface area contributed by atoms with E-state index in [0.717, 1.165) is 28.6 Å². The molecule has 0 saturated carbocycles. The van der Waals surface area contributed by atoms with Gasteiger partial charge in [-0.3, -0.25) is 0 Å². The molecular weight excluding hydrogens is 431 g/mol. The van der Waals surface area contributed by atoms with Crippen LogP contribution in [0.5, 0.6) is 0 Å². The van der Waals surface area contributed by atoms with Crippen molar-refractivity contribution in [1.29, 1.82) is 0 Å². The number of thioether (sulfide) groups is 1. The summed E-state index contributed by atoms with van der Waals surface area (Å²) in [5.41, 5.74) is 0.0357. The average Bonchev–Trinajstić information content (AvgIpc) is 3.19. The number of benzene rings is 2. The first-order valence-electron chi connectivity index (χ1n) is 9.51. The van der Waals surface area contributed by atoms with Gasteiger partial charge < -0.3 is 14.7 Å². The molecule has 1 N–H and O–H groups in total. The molecule has 160 valence electrons. The predicted molar refractivity (Wildman–Crippen MR) is 108 cm³/mol. The van der Waals surface area contributed by atoms with Crippen LogP contribution in [0.3, 0.4) is 0 Å². The summed E-state index contributed by atoms with van der Waals surface area (Å²) in [5.74, 6) is 0. The highest BCUT2D eigenvalue weighted by molar-refractivity contribution is 7.99. The first-order valence-corrected chi connectivity index (χ1v) is 10.4. The Bertz CT molecular complexity index is 1170. The van der Waals surface area contributed by atoms with Crippen molar-refractivity contribution in [3.63, 3.8) is 0 Å². The van der Waals surface area contributed by atoms with Crippen LogP contribution in [0, 0.1) is 0 Å². The molecule has 2 aromatic carbocycles. The number of hydrogen-bond acceptors (Lipinski definition) is 7. The van der Waals surface area contributed by atoms with Crippen LogP contribution in [-0.4, -0.2) is 45.1 Å². The molecule has 0 unspecified atom stereocenters. The maximum atomic E-state index is 13.6. The summed E-state index contributed by atoms with van der Waals surface area (Å²) in [6.45, 7) is 0.262. The highest BCUT2D eigenvalue weighted by Crippen LogP contribution is 2.38. The third-order valence-electron chi connectivity index (χ3n) is 5.23. The summed E-state index contributed by atoms with van der Waals surface area (Å²) in [4.78, 5) is 8.15. The Kier molecular flexibility index (Phi) is 5.07. The molecule has 0 aliphatic carbocycles. The second-order valence-electron chi connectivity index (χ2n) is 7.27. The maximum absolute atomic E-state index is 13.6. The Morgan fingerprint density at radius 2 is 1.87 bits per heavy atom. The quantitative estimate of drug-likeness (QED) is 0.355. The molecule has 0 amide bonds. The van der Waals surface area contributed by atoms with E-state index in [4.69, 9.17) is 14.7 Å². The van der Waals surface area contributed by atoms with Gasteiger partial charge in [0.25, 0.3) is 0 Å². The summed E-state index contributed by atoms with van der Waals surface area (Å²) < 4.78 is 51.7. The number of aromatic nitrogens is 2. The van der Waals surface area contributed by atoms with Gasteiger partial charge >= 0.3 is 6.18 Å². The molecule has 2 aliphatic heterocycles. The minimum Gasteiger partial charge on any atom is -0.411 e. The van der Waals surface area contributed by atoms with E-state index in [1.807, 2.05) is 36.4 Å². The fourth-order valence-electron chi connectivity index (χ4n) is 3.68. The molecule has 5 rings (SSSR count). The lowest BCUT2D eigenvalue weighted by atomic mass is 10.0. The number of nitrogens with zero attached hydrogens (tertiary/aromatic N) is 3. The van der Waals surface area contributed by atoms with Crippen LogP contribution in [0.25, 0.3) is 22.0 Å². The van der Waals surface area contributed by atoms with Crippen molar-refractivity contribution in [2.24, 2.45) is 5.16 Å². The zero-order chi connectivity index (χ0) is 21.6. The van der Waals surface area contributed by atoms with Crippen molar-refractivity contribution < 1.29 is 27.9 Å². The van der Waals surface area contributed by atoms with E-state index in [9.17, 15) is 13.2 Å². The number of oxime groups is 1. The summed E-state index contributed by atoms with van der Waals surface area (Å²) in [5, 5.41) is 13.9. The van der Waals surface area contributed by atoms with Crippen molar-refractivity contribution in [2.45, 2.75) is 35.4 Å². The second kappa shape index (κ2) is 7.77. The highest BCUT2D eigenvalue weighted by atomic mass is 32.2. The predicted octanol–water partition coefficient (Wildman–Crippen LogP) is 4.75. The van der Waals surface area contributed by atoms with E-state index in [0.29, 0.717) is 17.7 Å². The number of halogens is 3. The number of alkyl halides is 3. The molecular formula is C21H16F3N3O3S. The number of hydrogen-bond donors (Lipinski definition) is 1. The Balaban J connectivity index is 1.53. The van der Waals surface area contributed by atoms with Gasteiger partial charge in [-0.25, -0.2) is 9.97 Å². The topological polar surface area (TPSA) is 76.8 Å². The van der Waals surface area contributed by atoms with Crippen LogP contribution in [0.4, 0.5) is 13.2 Å². The van der Waals surface area contributed by atoms with Crippen molar-refractivity contribution >= 4 is 28.2 Å². The van der Waals surface area contributed by atoms with Crippen molar-refractivity contribution in [3.8, 4) is 11.3 Å². The fraction of sp³-hybridized carbons (Fsp3) is 0.286. The minimum atomic E-state index is -4.62. The third-order valence-corrected chi connectivity index (χ3v) is 6.40. The van der Waals surface area contributed by atoms with Crippen molar-refractivity contribution in [3.05, 3.63) is 54.2 Å². The number of rotatable bonds is 3. The average molecular weight is 447 g/mol. The van der Waals surface area contributed by atoms with Gasteiger partial charge in [-0.1, -0.05) is 53.3 Å². The third kappa shape index (κ3) is 3.98. The summed E-state index contributed by atoms with van der Waals surface area (Å²) in [7, 11) is 0. The highest BCUT2D eigenvalue weighted by Gasteiger charge is 2.43. The molecule has 2 fully saturated rings. The van der Waals surface area contributed by atoms with E-state index >= 15 is 0 Å². The standard InChI is InChI=1S/C21H16F3N3O3S/c22-21(23,24)18-9-14(13-6-5-11-3-1-2-4-12(11)7-13)25-20(26-18)31-17-8-15(27-28)19-29-10-16(17)30-19/h1-7,9,16-17,19,28H,8,10H2/b27-15-/t16-,17+,19-/m1/s1. The first-order chi connectivity index (χ1) is 14.9. The minimum absolute atomic E-state index is 0.0192. The summed E-state index contributed by atoms with van der Waals surface area (Å²) in [6, 6.07) is 14.0. The van der Waals surface area contributed by atoms with Gasteiger partial charge in [-0.05, 0) is 22.9 Å². The van der Waals surface area contributed by atoms with Crippen molar-refractivity contribution in [1.82, 2.24) is 9.97 Å². The smallest absolute Gasteiger partial charge is 0.411 e. The Labute approximate surface area is 179 Å². The van der Waals surface area contributed by atoms with Gasteiger partial charge in [0.1, 0.15) is 11.4 Å².